The lowest BCUT2D eigenvalue weighted by Crippen LogP contribution is -2.19. The molecule has 1 atom stereocenters. The van der Waals surface area contributed by atoms with Crippen molar-refractivity contribution in [3.8, 4) is 17.6 Å². The van der Waals surface area contributed by atoms with Gasteiger partial charge in [0.25, 0.3) is 0 Å². The van der Waals surface area contributed by atoms with Crippen LogP contribution in [0.15, 0.2) is 71.5 Å². The number of benzene rings is 3. The van der Waals surface area contributed by atoms with Crippen LogP contribution in [-0.2, 0) is 11.4 Å². The number of fused-ring (bicyclic) bond motifs is 1. The Morgan fingerprint density at radius 1 is 1.19 bits per heavy atom. The van der Waals surface area contributed by atoms with Gasteiger partial charge in [-0.15, -0.1) is 0 Å². The SMILES string of the molecule is N#Cc1ccc(OCc2ccc3ncoc3c2)cc1O[C@@H](C(=O)O)c1ccccc1Cl. The number of hydrogen-bond acceptors (Lipinski definition) is 6. The summed E-state index contributed by atoms with van der Waals surface area (Å²) in [6, 6.07) is 18.6. The predicted octanol–water partition coefficient (Wildman–Crippen LogP) is 5.14. The first-order chi connectivity index (χ1) is 15.0. The minimum absolute atomic E-state index is 0.0815. The van der Waals surface area contributed by atoms with Gasteiger partial charge in [-0.25, -0.2) is 9.78 Å². The monoisotopic (exact) mass is 434 g/mol. The van der Waals surface area contributed by atoms with E-state index in [9.17, 15) is 15.2 Å². The number of ether oxygens (including phenoxy) is 2. The smallest absolute Gasteiger partial charge is 0.349 e. The molecule has 0 amide bonds. The van der Waals surface area contributed by atoms with Crippen molar-refractivity contribution in [3.05, 3.63) is 88.8 Å². The number of nitriles is 1. The van der Waals surface area contributed by atoms with Crippen LogP contribution >= 0.6 is 11.6 Å². The lowest BCUT2D eigenvalue weighted by Gasteiger charge is -2.18. The first-order valence-corrected chi connectivity index (χ1v) is 9.56. The van der Waals surface area contributed by atoms with E-state index in [1.165, 1.54) is 18.5 Å². The van der Waals surface area contributed by atoms with Gasteiger partial charge in [-0.3, -0.25) is 0 Å². The third kappa shape index (κ3) is 4.44. The van der Waals surface area contributed by atoms with E-state index in [2.05, 4.69) is 4.98 Å². The van der Waals surface area contributed by atoms with Crippen molar-refractivity contribution in [2.24, 2.45) is 0 Å². The summed E-state index contributed by atoms with van der Waals surface area (Å²) in [5.41, 5.74) is 2.71. The van der Waals surface area contributed by atoms with Crippen LogP contribution < -0.4 is 9.47 Å². The van der Waals surface area contributed by atoms with Crippen molar-refractivity contribution < 1.29 is 23.8 Å². The molecule has 0 unspecified atom stereocenters. The molecule has 0 fully saturated rings. The summed E-state index contributed by atoms with van der Waals surface area (Å²) < 4.78 is 16.8. The van der Waals surface area contributed by atoms with Gasteiger partial charge < -0.3 is 19.0 Å². The minimum atomic E-state index is -1.38. The van der Waals surface area contributed by atoms with E-state index in [-0.39, 0.29) is 28.5 Å². The van der Waals surface area contributed by atoms with Crippen LogP contribution in [0.25, 0.3) is 11.1 Å². The fourth-order valence-electron chi connectivity index (χ4n) is 3.00. The van der Waals surface area contributed by atoms with Gasteiger partial charge in [0, 0.05) is 16.7 Å². The quantitative estimate of drug-likeness (QED) is 0.429. The maximum atomic E-state index is 11.8. The molecule has 4 aromatic rings. The van der Waals surface area contributed by atoms with E-state index >= 15 is 0 Å². The Hall–Kier alpha value is -4.02. The number of carboxylic acids is 1. The second-order valence-corrected chi connectivity index (χ2v) is 6.98. The molecule has 0 bridgehead atoms. The van der Waals surface area contributed by atoms with Crippen LogP contribution in [0.4, 0.5) is 0 Å². The Morgan fingerprint density at radius 3 is 2.81 bits per heavy atom. The van der Waals surface area contributed by atoms with Gasteiger partial charge in [-0.1, -0.05) is 35.9 Å². The summed E-state index contributed by atoms with van der Waals surface area (Å²) in [4.78, 5) is 15.9. The standard InChI is InChI=1S/C23H15ClN2O5/c24-18-4-2-1-3-17(18)22(23(27)28)31-20-10-16(7-6-15(20)11-25)29-12-14-5-8-19-21(9-14)30-13-26-19/h1-10,13,22H,12H2,(H,27,28)/t22-/m1/s1. The molecule has 1 heterocycles. The number of oxazole rings is 1. The molecule has 0 aliphatic heterocycles. The van der Waals surface area contributed by atoms with Crippen LogP contribution in [0.2, 0.25) is 5.02 Å². The molecule has 8 heteroatoms. The predicted molar refractivity (Wildman–Crippen MR) is 112 cm³/mol. The Bertz CT molecular complexity index is 1290. The van der Waals surface area contributed by atoms with E-state index in [1.807, 2.05) is 24.3 Å². The van der Waals surface area contributed by atoms with Crippen molar-refractivity contribution in [1.29, 1.82) is 5.26 Å². The molecule has 0 spiro atoms. The van der Waals surface area contributed by atoms with Gasteiger partial charge in [0.15, 0.2) is 12.0 Å². The van der Waals surface area contributed by atoms with E-state index in [1.54, 1.807) is 30.3 Å². The molecule has 4 rings (SSSR count). The highest BCUT2D eigenvalue weighted by molar-refractivity contribution is 6.31. The van der Waals surface area contributed by atoms with Crippen molar-refractivity contribution in [3.63, 3.8) is 0 Å². The molecule has 0 saturated carbocycles. The Kier molecular flexibility index (Phi) is 5.74. The summed E-state index contributed by atoms with van der Waals surface area (Å²) in [5.74, 6) is -0.739. The zero-order valence-corrected chi connectivity index (χ0v) is 16.7. The van der Waals surface area contributed by atoms with Gasteiger partial charge in [0.1, 0.15) is 29.7 Å². The number of aliphatic carboxylic acids is 1. The molecule has 0 radical (unpaired) electrons. The molecule has 0 aliphatic carbocycles. The van der Waals surface area contributed by atoms with E-state index in [0.29, 0.717) is 11.3 Å². The van der Waals surface area contributed by atoms with E-state index in [0.717, 1.165) is 11.1 Å². The Labute approximate surface area is 182 Å². The fourth-order valence-corrected chi connectivity index (χ4v) is 3.23. The summed E-state index contributed by atoms with van der Waals surface area (Å²) in [6.45, 7) is 0.231. The van der Waals surface area contributed by atoms with Crippen molar-refractivity contribution >= 4 is 28.7 Å². The summed E-state index contributed by atoms with van der Waals surface area (Å²) in [5, 5.41) is 19.3. The Morgan fingerprint density at radius 2 is 2.03 bits per heavy atom. The molecular weight excluding hydrogens is 420 g/mol. The van der Waals surface area contributed by atoms with E-state index < -0.39 is 12.1 Å². The summed E-state index contributed by atoms with van der Waals surface area (Å²) in [7, 11) is 0. The zero-order valence-electron chi connectivity index (χ0n) is 16.0. The van der Waals surface area contributed by atoms with Gasteiger partial charge in [-0.05, 0) is 35.9 Å². The maximum Gasteiger partial charge on any atom is 0.349 e. The van der Waals surface area contributed by atoms with Gasteiger partial charge in [0.05, 0.1) is 5.56 Å². The van der Waals surface area contributed by atoms with Crippen LogP contribution in [0.1, 0.15) is 22.8 Å². The second kappa shape index (κ2) is 8.78. The average molecular weight is 435 g/mol. The Balaban J connectivity index is 1.57. The highest BCUT2D eigenvalue weighted by atomic mass is 35.5. The molecule has 0 saturated heterocycles. The first kappa shape index (κ1) is 20.3. The fraction of sp³-hybridized carbons (Fsp3) is 0.0870. The van der Waals surface area contributed by atoms with Crippen LogP contribution in [0, 0.1) is 11.3 Å². The highest BCUT2D eigenvalue weighted by Crippen LogP contribution is 2.32. The lowest BCUT2D eigenvalue weighted by atomic mass is 10.1. The second-order valence-electron chi connectivity index (χ2n) is 6.57. The molecule has 1 N–H and O–H groups in total. The molecule has 1 aromatic heterocycles. The van der Waals surface area contributed by atoms with Gasteiger partial charge in [-0.2, -0.15) is 5.26 Å². The van der Waals surface area contributed by atoms with Gasteiger partial charge in [0.2, 0.25) is 6.10 Å². The molecule has 7 nitrogen and oxygen atoms in total. The third-order valence-corrected chi connectivity index (χ3v) is 4.88. The molecular formula is C23H15ClN2O5. The van der Waals surface area contributed by atoms with Crippen LogP contribution in [0.3, 0.4) is 0 Å². The third-order valence-electron chi connectivity index (χ3n) is 4.53. The van der Waals surface area contributed by atoms with E-state index in [4.69, 9.17) is 25.5 Å². The van der Waals surface area contributed by atoms with Crippen molar-refractivity contribution in [2.75, 3.05) is 0 Å². The van der Waals surface area contributed by atoms with Crippen molar-refractivity contribution in [2.45, 2.75) is 12.7 Å². The average Bonchev–Trinajstić information content (AvgIpc) is 3.24. The van der Waals surface area contributed by atoms with Crippen LogP contribution in [-0.4, -0.2) is 16.1 Å². The lowest BCUT2D eigenvalue weighted by molar-refractivity contribution is -0.145. The number of halogens is 1. The molecule has 0 aliphatic rings. The molecule has 154 valence electrons. The minimum Gasteiger partial charge on any atom is -0.489 e. The number of carbonyl (C=O) groups is 1. The number of carboxylic acid groups (broad SMARTS) is 1. The number of aromatic nitrogens is 1. The zero-order chi connectivity index (χ0) is 21.8. The normalized spacial score (nSPS) is 11.6. The topological polar surface area (TPSA) is 106 Å². The summed E-state index contributed by atoms with van der Waals surface area (Å²) >= 11 is 6.14. The highest BCUT2D eigenvalue weighted by Gasteiger charge is 2.25. The largest absolute Gasteiger partial charge is 0.489 e. The number of nitrogens with zero attached hydrogens (tertiary/aromatic N) is 2. The van der Waals surface area contributed by atoms with Crippen LogP contribution in [0.5, 0.6) is 11.5 Å². The first-order valence-electron chi connectivity index (χ1n) is 9.18. The maximum absolute atomic E-state index is 11.8. The molecule has 3 aromatic carbocycles. The number of hydrogen-bond donors (Lipinski definition) is 1. The summed E-state index contributed by atoms with van der Waals surface area (Å²) in [6.07, 6.45) is -0.0119. The number of rotatable bonds is 7. The molecule has 31 heavy (non-hydrogen) atoms. The van der Waals surface area contributed by atoms with Gasteiger partial charge >= 0.3 is 5.97 Å². The van der Waals surface area contributed by atoms with Crippen molar-refractivity contribution in [1.82, 2.24) is 4.98 Å².